The van der Waals surface area contributed by atoms with Crippen molar-refractivity contribution in [2.75, 3.05) is 40.0 Å². The molecule has 1 saturated heterocycles. The van der Waals surface area contributed by atoms with Gasteiger partial charge in [0.2, 0.25) is 0 Å². The Hall–Kier alpha value is -0.120. The molecule has 0 bridgehead atoms. The Morgan fingerprint density at radius 2 is 2.29 bits per heavy atom. The first-order chi connectivity index (χ1) is 6.86. The summed E-state index contributed by atoms with van der Waals surface area (Å²) in [5, 5.41) is 8.82. The summed E-state index contributed by atoms with van der Waals surface area (Å²) in [5.41, 5.74) is 0. The van der Waals surface area contributed by atoms with E-state index < -0.39 is 0 Å². The number of unbranched alkanes of at least 4 members (excludes halogenated alkanes) is 1. The lowest BCUT2D eigenvalue weighted by atomic mass is 10.1. The van der Waals surface area contributed by atoms with Crippen LogP contribution in [0.5, 0.6) is 0 Å². The predicted octanol–water partition coefficient (Wildman–Crippen LogP) is 1.12. The summed E-state index contributed by atoms with van der Waals surface area (Å²) in [4.78, 5) is 2.51. The highest BCUT2D eigenvalue weighted by atomic mass is 16.5. The van der Waals surface area contributed by atoms with Crippen LogP contribution in [0.25, 0.3) is 0 Å². The standard InChI is InChI=1S/C11H23NO2/c1-14-9-3-2-6-12-7-4-11(10-12)5-8-13/h11,13H,2-10H2,1H3. The molecule has 1 aliphatic rings. The quantitative estimate of drug-likeness (QED) is 0.626. The van der Waals surface area contributed by atoms with Crippen molar-refractivity contribution in [1.29, 1.82) is 0 Å². The average Bonchev–Trinajstić information content (AvgIpc) is 2.61. The van der Waals surface area contributed by atoms with Crippen molar-refractivity contribution >= 4 is 0 Å². The molecule has 1 aliphatic heterocycles. The van der Waals surface area contributed by atoms with Crippen LogP contribution in [0.1, 0.15) is 25.7 Å². The molecule has 1 N–H and O–H groups in total. The molecule has 0 amide bonds. The molecule has 3 nitrogen and oxygen atoms in total. The highest BCUT2D eigenvalue weighted by molar-refractivity contribution is 4.74. The van der Waals surface area contributed by atoms with E-state index in [1.165, 1.54) is 32.5 Å². The van der Waals surface area contributed by atoms with Crippen LogP contribution in [0.2, 0.25) is 0 Å². The lowest BCUT2D eigenvalue weighted by Crippen LogP contribution is -2.22. The third kappa shape index (κ3) is 4.40. The first-order valence-corrected chi connectivity index (χ1v) is 5.69. The van der Waals surface area contributed by atoms with Crippen LogP contribution >= 0.6 is 0 Å². The largest absolute Gasteiger partial charge is 0.396 e. The normalized spacial score (nSPS) is 23.1. The number of hydrogen-bond acceptors (Lipinski definition) is 3. The number of aliphatic hydroxyl groups is 1. The van der Waals surface area contributed by atoms with Gasteiger partial charge in [0, 0.05) is 26.9 Å². The molecule has 0 spiro atoms. The third-order valence-corrected chi connectivity index (χ3v) is 2.98. The second kappa shape index (κ2) is 7.21. The molecule has 1 fully saturated rings. The Balaban J connectivity index is 1.98. The number of nitrogens with zero attached hydrogens (tertiary/aromatic N) is 1. The lowest BCUT2D eigenvalue weighted by molar-refractivity contribution is 0.186. The van der Waals surface area contributed by atoms with E-state index >= 15 is 0 Å². The van der Waals surface area contributed by atoms with Crippen molar-refractivity contribution in [3.63, 3.8) is 0 Å². The van der Waals surface area contributed by atoms with Crippen LogP contribution in [0.3, 0.4) is 0 Å². The van der Waals surface area contributed by atoms with Gasteiger partial charge in [0.1, 0.15) is 0 Å². The number of hydrogen-bond donors (Lipinski definition) is 1. The van der Waals surface area contributed by atoms with Crippen molar-refractivity contribution in [1.82, 2.24) is 4.90 Å². The van der Waals surface area contributed by atoms with E-state index in [2.05, 4.69) is 4.90 Å². The van der Waals surface area contributed by atoms with Crippen LogP contribution < -0.4 is 0 Å². The van der Waals surface area contributed by atoms with Crippen LogP contribution in [0.15, 0.2) is 0 Å². The fourth-order valence-electron chi connectivity index (χ4n) is 2.12. The molecule has 14 heavy (non-hydrogen) atoms. The van der Waals surface area contributed by atoms with Gasteiger partial charge in [-0.1, -0.05) is 0 Å². The first kappa shape index (κ1) is 12.0. The van der Waals surface area contributed by atoms with Gasteiger partial charge in [0.25, 0.3) is 0 Å². The summed E-state index contributed by atoms with van der Waals surface area (Å²) in [6, 6.07) is 0. The van der Waals surface area contributed by atoms with Crippen LogP contribution in [0.4, 0.5) is 0 Å². The number of rotatable bonds is 7. The highest BCUT2D eigenvalue weighted by Crippen LogP contribution is 2.19. The van der Waals surface area contributed by atoms with E-state index in [0.717, 1.165) is 25.4 Å². The minimum Gasteiger partial charge on any atom is -0.396 e. The second-order valence-electron chi connectivity index (χ2n) is 4.17. The first-order valence-electron chi connectivity index (χ1n) is 5.69. The molecule has 0 aromatic heterocycles. The zero-order valence-electron chi connectivity index (χ0n) is 9.24. The molecular weight excluding hydrogens is 178 g/mol. The molecule has 3 heteroatoms. The van der Waals surface area contributed by atoms with Gasteiger partial charge in [0.05, 0.1) is 0 Å². The molecule has 1 rings (SSSR count). The van der Waals surface area contributed by atoms with E-state index in [4.69, 9.17) is 9.84 Å². The van der Waals surface area contributed by atoms with Crippen molar-refractivity contribution in [3.05, 3.63) is 0 Å². The number of aliphatic hydroxyl groups excluding tert-OH is 1. The van der Waals surface area contributed by atoms with E-state index in [9.17, 15) is 0 Å². The van der Waals surface area contributed by atoms with Crippen LogP contribution in [-0.2, 0) is 4.74 Å². The van der Waals surface area contributed by atoms with Crippen LogP contribution in [-0.4, -0.2) is 50.0 Å². The van der Waals surface area contributed by atoms with Gasteiger partial charge in [-0.2, -0.15) is 0 Å². The molecule has 0 radical (unpaired) electrons. The summed E-state index contributed by atoms with van der Waals surface area (Å²) < 4.78 is 5.01. The Kier molecular flexibility index (Phi) is 6.15. The lowest BCUT2D eigenvalue weighted by Gasteiger charge is -2.15. The molecule has 0 aromatic rings. The zero-order chi connectivity index (χ0) is 10.2. The van der Waals surface area contributed by atoms with Crippen LogP contribution in [0, 0.1) is 5.92 Å². The SMILES string of the molecule is COCCCCN1CCC(CCO)C1. The molecule has 1 atom stereocenters. The van der Waals surface area contributed by atoms with Gasteiger partial charge in [0.15, 0.2) is 0 Å². The van der Waals surface area contributed by atoms with Crippen molar-refractivity contribution in [2.45, 2.75) is 25.7 Å². The molecular formula is C11H23NO2. The topological polar surface area (TPSA) is 32.7 Å². The number of methoxy groups -OCH3 is 1. The van der Waals surface area contributed by atoms with E-state index in [0.29, 0.717) is 6.61 Å². The summed E-state index contributed by atoms with van der Waals surface area (Å²) in [7, 11) is 1.76. The Morgan fingerprint density at radius 1 is 1.43 bits per heavy atom. The molecule has 0 aromatic carbocycles. The van der Waals surface area contributed by atoms with E-state index in [1.807, 2.05) is 0 Å². The number of likely N-dealkylation sites (tertiary alicyclic amines) is 1. The van der Waals surface area contributed by atoms with Crippen molar-refractivity contribution in [2.24, 2.45) is 5.92 Å². The maximum atomic E-state index is 8.82. The van der Waals surface area contributed by atoms with E-state index in [1.54, 1.807) is 7.11 Å². The molecule has 0 saturated carbocycles. The van der Waals surface area contributed by atoms with Gasteiger partial charge in [-0.3, -0.25) is 0 Å². The van der Waals surface area contributed by atoms with Gasteiger partial charge in [-0.05, 0) is 44.7 Å². The summed E-state index contributed by atoms with van der Waals surface area (Å²) in [5.74, 6) is 0.738. The zero-order valence-corrected chi connectivity index (χ0v) is 9.24. The van der Waals surface area contributed by atoms with Gasteiger partial charge in [-0.15, -0.1) is 0 Å². The second-order valence-corrected chi connectivity index (χ2v) is 4.17. The average molecular weight is 201 g/mol. The fraction of sp³-hybridized carbons (Fsp3) is 1.00. The fourth-order valence-corrected chi connectivity index (χ4v) is 2.12. The van der Waals surface area contributed by atoms with E-state index in [-0.39, 0.29) is 0 Å². The minimum atomic E-state index is 0.349. The van der Waals surface area contributed by atoms with Gasteiger partial charge in [-0.25, -0.2) is 0 Å². The monoisotopic (exact) mass is 201 g/mol. The summed E-state index contributed by atoms with van der Waals surface area (Å²) >= 11 is 0. The Labute approximate surface area is 87.1 Å². The third-order valence-electron chi connectivity index (χ3n) is 2.98. The van der Waals surface area contributed by atoms with Crippen molar-refractivity contribution in [3.8, 4) is 0 Å². The molecule has 1 unspecified atom stereocenters. The molecule has 1 heterocycles. The predicted molar refractivity (Wildman–Crippen MR) is 57.4 cm³/mol. The minimum absolute atomic E-state index is 0.349. The molecule has 0 aliphatic carbocycles. The number of ether oxygens (including phenoxy) is 1. The summed E-state index contributed by atoms with van der Waals surface area (Å²) in [6.07, 6.45) is 4.65. The summed E-state index contributed by atoms with van der Waals surface area (Å²) in [6.45, 7) is 4.84. The Morgan fingerprint density at radius 3 is 3.00 bits per heavy atom. The smallest absolute Gasteiger partial charge is 0.0462 e. The maximum Gasteiger partial charge on any atom is 0.0462 e. The van der Waals surface area contributed by atoms with Crippen molar-refractivity contribution < 1.29 is 9.84 Å². The maximum absolute atomic E-state index is 8.82. The Bertz CT molecular complexity index is 141. The molecule has 84 valence electrons. The van der Waals surface area contributed by atoms with Gasteiger partial charge < -0.3 is 14.7 Å². The van der Waals surface area contributed by atoms with Gasteiger partial charge >= 0.3 is 0 Å². The highest BCUT2D eigenvalue weighted by Gasteiger charge is 2.20.